The highest BCUT2D eigenvalue weighted by atomic mass is 127. The van der Waals surface area contributed by atoms with E-state index in [-0.39, 0.29) is 17.2 Å². The van der Waals surface area contributed by atoms with Crippen molar-refractivity contribution in [3.05, 3.63) is 90.9 Å². The quantitative estimate of drug-likeness (QED) is 0.196. The maximum atomic E-state index is 13.8. The van der Waals surface area contributed by atoms with Crippen LogP contribution in [-0.4, -0.2) is 35.1 Å². The number of nitrogens with one attached hydrogen (secondary N) is 1. The Kier molecular flexibility index (Phi) is 9.46. The number of carbonyl (C=O) groups excluding carboxylic acids is 3. The lowest BCUT2D eigenvalue weighted by molar-refractivity contribution is -0.127. The Balaban J connectivity index is 1.48. The molecule has 0 aromatic heterocycles. The highest BCUT2D eigenvalue weighted by Gasteiger charge is 2.36. The van der Waals surface area contributed by atoms with Crippen molar-refractivity contribution in [1.29, 1.82) is 0 Å². The van der Waals surface area contributed by atoms with E-state index in [0.29, 0.717) is 46.5 Å². The number of thioether (sulfide) groups is 1. The van der Waals surface area contributed by atoms with Crippen molar-refractivity contribution in [1.82, 2.24) is 4.90 Å². The molecule has 7 nitrogen and oxygen atoms in total. The molecule has 1 heterocycles. The minimum atomic E-state index is -0.974. The second kappa shape index (κ2) is 12.8. The molecule has 12 heteroatoms. The lowest BCUT2D eigenvalue weighted by Crippen LogP contribution is -2.36. The Morgan fingerprint density at radius 3 is 2.54 bits per heavy atom. The Labute approximate surface area is 245 Å². The van der Waals surface area contributed by atoms with Crippen LogP contribution in [0.4, 0.5) is 19.3 Å². The largest absolute Gasteiger partial charge is 0.490 e. The summed E-state index contributed by atoms with van der Waals surface area (Å²) in [5, 5.41) is 2.21. The zero-order chi connectivity index (χ0) is 28.1. The van der Waals surface area contributed by atoms with Gasteiger partial charge in [0.1, 0.15) is 24.8 Å². The van der Waals surface area contributed by atoms with E-state index in [4.69, 9.17) is 21.1 Å². The molecule has 0 unspecified atom stereocenters. The molecule has 39 heavy (non-hydrogen) atoms. The molecular weight excluding hydrogens is 665 g/mol. The average molecular weight is 685 g/mol. The summed E-state index contributed by atoms with van der Waals surface area (Å²) in [4.78, 5) is 38.6. The number of ether oxygens (including phenoxy) is 2. The fraction of sp³-hybridized carbons (Fsp3) is 0.148. The second-order valence-corrected chi connectivity index (χ2v) is 10.7. The van der Waals surface area contributed by atoms with Crippen LogP contribution >= 0.6 is 46.0 Å². The number of carbonyl (C=O) groups is 3. The minimum Gasteiger partial charge on any atom is -0.490 e. The van der Waals surface area contributed by atoms with E-state index in [1.807, 2.05) is 19.1 Å². The number of anilines is 1. The Morgan fingerprint density at radius 1 is 1.10 bits per heavy atom. The zero-order valence-electron chi connectivity index (χ0n) is 20.3. The maximum absolute atomic E-state index is 13.8. The van der Waals surface area contributed by atoms with Gasteiger partial charge < -0.3 is 14.8 Å². The number of halogens is 4. The van der Waals surface area contributed by atoms with E-state index >= 15 is 0 Å². The van der Waals surface area contributed by atoms with Gasteiger partial charge in [0.2, 0.25) is 5.91 Å². The number of imide groups is 1. The molecule has 1 N–H and O–H groups in total. The Bertz CT molecular complexity index is 1470. The van der Waals surface area contributed by atoms with Crippen LogP contribution in [0, 0.1) is 15.2 Å². The van der Waals surface area contributed by atoms with Crippen LogP contribution in [0.5, 0.6) is 11.5 Å². The van der Waals surface area contributed by atoms with E-state index in [2.05, 4.69) is 27.9 Å². The van der Waals surface area contributed by atoms with Crippen LogP contribution in [0.15, 0.2) is 59.5 Å². The van der Waals surface area contributed by atoms with Crippen molar-refractivity contribution >= 4 is 74.8 Å². The molecule has 0 radical (unpaired) electrons. The summed E-state index contributed by atoms with van der Waals surface area (Å²) in [7, 11) is 0. The van der Waals surface area contributed by atoms with E-state index in [9.17, 15) is 23.2 Å². The smallest absolute Gasteiger partial charge is 0.294 e. The lowest BCUT2D eigenvalue weighted by Gasteiger charge is -2.15. The van der Waals surface area contributed by atoms with E-state index in [1.54, 1.807) is 24.3 Å². The monoisotopic (exact) mass is 684 g/mol. The molecule has 0 atom stereocenters. The molecule has 3 aromatic rings. The van der Waals surface area contributed by atoms with Gasteiger partial charge in [0, 0.05) is 11.1 Å². The standard InChI is InChI=1S/C27H20ClF2IN2O5S/c1-2-37-22-10-16(9-20(31)25(22)38-14-15-3-5-17(28)6-4-15)11-23-26(35)33(27(36)39-23)13-24(34)32-21-8-7-18(29)12-19(21)30/h3-12H,2,13-14H2,1H3,(H,32,34)/b23-11+. The molecule has 0 saturated carbocycles. The van der Waals surface area contributed by atoms with E-state index in [0.717, 1.165) is 26.2 Å². The van der Waals surface area contributed by atoms with Gasteiger partial charge in [-0.3, -0.25) is 19.3 Å². The number of hydrogen-bond donors (Lipinski definition) is 1. The van der Waals surface area contributed by atoms with Gasteiger partial charge in [0.05, 0.1) is 20.8 Å². The van der Waals surface area contributed by atoms with Gasteiger partial charge in [-0.15, -0.1) is 0 Å². The lowest BCUT2D eigenvalue weighted by atomic mass is 10.1. The SMILES string of the molecule is CCOc1cc(/C=C2/SC(=O)N(CC(=O)Nc3ccc(F)cc3F)C2=O)cc(I)c1OCc1ccc(Cl)cc1. The molecular formula is C27H20ClF2IN2O5S. The summed E-state index contributed by atoms with van der Waals surface area (Å²) < 4.78 is 39.4. The summed E-state index contributed by atoms with van der Waals surface area (Å²) in [5.74, 6) is -2.26. The van der Waals surface area contributed by atoms with Crippen molar-refractivity contribution < 1.29 is 32.6 Å². The number of hydrogen-bond acceptors (Lipinski definition) is 6. The molecule has 3 aromatic carbocycles. The van der Waals surface area contributed by atoms with Crippen LogP contribution in [0.1, 0.15) is 18.1 Å². The fourth-order valence-corrected chi connectivity index (χ4v) is 5.27. The number of rotatable bonds is 9. The third kappa shape index (κ3) is 7.28. The van der Waals surface area contributed by atoms with E-state index in [1.165, 1.54) is 6.08 Å². The van der Waals surface area contributed by atoms with Gasteiger partial charge in [-0.25, -0.2) is 8.78 Å². The highest BCUT2D eigenvalue weighted by molar-refractivity contribution is 14.1. The van der Waals surface area contributed by atoms with Gasteiger partial charge >= 0.3 is 0 Å². The molecule has 0 spiro atoms. The third-order valence-electron chi connectivity index (χ3n) is 5.31. The molecule has 0 bridgehead atoms. The summed E-state index contributed by atoms with van der Waals surface area (Å²) >= 11 is 8.72. The molecule has 202 valence electrons. The second-order valence-electron chi connectivity index (χ2n) is 8.12. The molecule has 1 aliphatic rings. The molecule has 1 saturated heterocycles. The van der Waals surface area contributed by atoms with Gasteiger partial charge in [-0.2, -0.15) is 0 Å². The first-order valence-corrected chi connectivity index (χ1v) is 13.8. The number of nitrogens with zero attached hydrogens (tertiary/aromatic N) is 1. The first-order valence-electron chi connectivity index (χ1n) is 11.5. The number of benzene rings is 3. The Morgan fingerprint density at radius 2 is 1.85 bits per heavy atom. The molecule has 0 aliphatic carbocycles. The van der Waals surface area contributed by atoms with Crippen molar-refractivity contribution in [2.45, 2.75) is 13.5 Å². The normalized spacial score (nSPS) is 14.2. The fourth-order valence-electron chi connectivity index (χ4n) is 3.52. The van der Waals surface area contributed by atoms with Crippen LogP contribution in [0.2, 0.25) is 5.02 Å². The first-order chi connectivity index (χ1) is 18.6. The summed E-state index contributed by atoms with van der Waals surface area (Å²) in [6, 6.07) is 13.4. The summed E-state index contributed by atoms with van der Waals surface area (Å²) in [6.07, 6.45) is 1.52. The van der Waals surface area contributed by atoms with Crippen LogP contribution in [0.3, 0.4) is 0 Å². The zero-order valence-corrected chi connectivity index (χ0v) is 24.0. The van der Waals surface area contributed by atoms with Crippen LogP contribution in [0.25, 0.3) is 6.08 Å². The van der Waals surface area contributed by atoms with E-state index < -0.39 is 35.2 Å². The summed E-state index contributed by atoms with van der Waals surface area (Å²) in [6.45, 7) is 1.86. The van der Waals surface area contributed by atoms with Crippen molar-refractivity contribution in [2.75, 3.05) is 18.5 Å². The highest BCUT2D eigenvalue weighted by Crippen LogP contribution is 2.38. The molecule has 3 amide bonds. The van der Waals surface area contributed by atoms with Crippen LogP contribution in [-0.2, 0) is 16.2 Å². The molecule has 1 fully saturated rings. The van der Waals surface area contributed by atoms with Crippen molar-refractivity contribution in [3.8, 4) is 11.5 Å². The van der Waals surface area contributed by atoms with Gasteiger partial charge in [-0.1, -0.05) is 23.7 Å². The summed E-state index contributed by atoms with van der Waals surface area (Å²) in [5.41, 5.74) is 1.24. The van der Waals surface area contributed by atoms with Gasteiger partial charge in [-0.05, 0) is 94.9 Å². The molecule has 1 aliphatic heterocycles. The Hall–Kier alpha value is -3.16. The van der Waals surface area contributed by atoms with Crippen LogP contribution < -0.4 is 14.8 Å². The topological polar surface area (TPSA) is 84.9 Å². The average Bonchev–Trinajstić information content (AvgIpc) is 3.13. The van der Waals surface area contributed by atoms with Gasteiger partial charge in [0.15, 0.2) is 11.5 Å². The first kappa shape index (κ1) is 28.8. The third-order valence-corrected chi connectivity index (χ3v) is 7.27. The van der Waals surface area contributed by atoms with Crippen molar-refractivity contribution in [2.24, 2.45) is 0 Å². The maximum Gasteiger partial charge on any atom is 0.294 e. The molecule has 4 rings (SSSR count). The predicted molar refractivity (Wildman–Crippen MR) is 154 cm³/mol. The minimum absolute atomic E-state index is 0.105. The number of amides is 3. The predicted octanol–water partition coefficient (Wildman–Crippen LogP) is 6.88. The van der Waals surface area contributed by atoms with Crippen molar-refractivity contribution in [3.63, 3.8) is 0 Å². The van der Waals surface area contributed by atoms with Gasteiger partial charge in [0.25, 0.3) is 11.1 Å².